The second-order valence-corrected chi connectivity index (χ2v) is 6.33. The molecule has 2 aliphatic carbocycles. The van der Waals surface area contributed by atoms with Crippen LogP contribution in [0.3, 0.4) is 0 Å². The lowest BCUT2D eigenvalue weighted by Gasteiger charge is -2.31. The van der Waals surface area contributed by atoms with E-state index in [9.17, 15) is 0 Å². The van der Waals surface area contributed by atoms with Crippen LogP contribution in [-0.2, 0) is 0 Å². The summed E-state index contributed by atoms with van der Waals surface area (Å²) in [6.07, 6.45) is 16.3. The lowest BCUT2D eigenvalue weighted by atomic mass is 9.76. The summed E-state index contributed by atoms with van der Waals surface area (Å²) < 4.78 is 0. The third kappa shape index (κ3) is 4.28. The first-order valence-electron chi connectivity index (χ1n) is 8.13. The fraction of sp³-hybridized carbons (Fsp3) is 1.00. The summed E-state index contributed by atoms with van der Waals surface area (Å²) in [5.74, 6) is 2.12. The Kier molecular flexibility index (Phi) is 5.84. The van der Waals surface area contributed by atoms with Crippen LogP contribution in [-0.4, -0.2) is 12.6 Å². The van der Waals surface area contributed by atoms with Gasteiger partial charge >= 0.3 is 0 Å². The van der Waals surface area contributed by atoms with Crippen LogP contribution in [0, 0.1) is 11.8 Å². The Hall–Kier alpha value is -0.0400. The summed E-state index contributed by atoms with van der Waals surface area (Å²) in [4.78, 5) is 0. The van der Waals surface area contributed by atoms with Gasteiger partial charge in [0.1, 0.15) is 0 Å². The number of hydrogen-bond acceptors (Lipinski definition) is 1. The minimum atomic E-state index is 0.837. The topological polar surface area (TPSA) is 12.0 Å². The van der Waals surface area contributed by atoms with Crippen LogP contribution in [0.4, 0.5) is 0 Å². The van der Waals surface area contributed by atoms with Gasteiger partial charge in [-0.05, 0) is 37.6 Å². The molecule has 0 aromatic rings. The van der Waals surface area contributed by atoms with E-state index in [2.05, 4.69) is 12.2 Å². The molecule has 0 spiro atoms. The molecule has 17 heavy (non-hydrogen) atoms. The SMILES string of the molecule is CCCNC1CCCCC(C2CCCCC2)C1. The van der Waals surface area contributed by atoms with E-state index in [4.69, 9.17) is 0 Å². The summed E-state index contributed by atoms with van der Waals surface area (Å²) >= 11 is 0. The van der Waals surface area contributed by atoms with Gasteiger partial charge < -0.3 is 5.32 Å². The highest BCUT2D eigenvalue weighted by Crippen LogP contribution is 2.37. The van der Waals surface area contributed by atoms with E-state index in [1.807, 2.05) is 0 Å². The number of nitrogens with one attached hydrogen (secondary N) is 1. The van der Waals surface area contributed by atoms with E-state index < -0.39 is 0 Å². The van der Waals surface area contributed by atoms with Crippen LogP contribution in [0.15, 0.2) is 0 Å². The maximum absolute atomic E-state index is 3.78. The molecule has 0 radical (unpaired) electrons. The summed E-state index contributed by atoms with van der Waals surface area (Å²) in [5.41, 5.74) is 0. The Balaban J connectivity index is 1.82. The Bertz CT molecular complexity index is 196. The van der Waals surface area contributed by atoms with Crippen LogP contribution in [0.1, 0.15) is 77.6 Å². The van der Waals surface area contributed by atoms with Crippen molar-refractivity contribution in [2.45, 2.75) is 83.6 Å². The lowest BCUT2D eigenvalue weighted by Crippen LogP contribution is -2.32. The summed E-state index contributed by atoms with van der Waals surface area (Å²) in [6.45, 7) is 3.50. The summed E-state index contributed by atoms with van der Waals surface area (Å²) in [7, 11) is 0. The van der Waals surface area contributed by atoms with Crippen molar-refractivity contribution in [1.29, 1.82) is 0 Å². The van der Waals surface area contributed by atoms with Gasteiger partial charge in [-0.25, -0.2) is 0 Å². The quantitative estimate of drug-likeness (QED) is 0.709. The lowest BCUT2D eigenvalue weighted by molar-refractivity contribution is 0.214. The second kappa shape index (κ2) is 7.41. The first-order chi connectivity index (χ1) is 8.40. The molecule has 0 amide bonds. The minimum absolute atomic E-state index is 0.837. The molecule has 100 valence electrons. The van der Waals surface area contributed by atoms with Crippen molar-refractivity contribution in [1.82, 2.24) is 5.32 Å². The molecule has 2 unspecified atom stereocenters. The van der Waals surface area contributed by atoms with Gasteiger partial charge in [0.15, 0.2) is 0 Å². The van der Waals surface area contributed by atoms with Crippen molar-refractivity contribution in [3.63, 3.8) is 0 Å². The van der Waals surface area contributed by atoms with Gasteiger partial charge in [0.2, 0.25) is 0 Å². The van der Waals surface area contributed by atoms with Gasteiger partial charge in [-0.2, -0.15) is 0 Å². The largest absolute Gasteiger partial charge is 0.314 e. The van der Waals surface area contributed by atoms with E-state index in [-0.39, 0.29) is 0 Å². The Morgan fingerprint density at radius 2 is 1.47 bits per heavy atom. The number of rotatable bonds is 4. The van der Waals surface area contributed by atoms with Crippen molar-refractivity contribution in [2.24, 2.45) is 11.8 Å². The molecule has 2 aliphatic rings. The standard InChI is InChI=1S/C16H31N/c1-2-12-17-16-11-7-6-10-15(13-16)14-8-4-3-5-9-14/h14-17H,2-13H2,1H3. The van der Waals surface area contributed by atoms with Crippen LogP contribution < -0.4 is 5.32 Å². The third-order valence-corrected chi connectivity index (χ3v) is 4.96. The monoisotopic (exact) mass is 237 g/mol. The third-order valence-electron chi connectivity index (χ3n) is 4.96. The van der Waals surface area contributed by atoms with E-state index in [1.165, 1.54) is 77.2 Å². The molecule has 0 aromatic carbocycles. The molecular formula is C16H31N. The smallest absolute Gasteiger partial charge is 0.00698 e. The molecule has 1 heteroatoms. The Labute approximate surface area is 108 Å². The van der Waals surface area contributed by atoms with E-state index in [0.717, 1.165) is 17.9 Å². The number of hydrogen-bond donors (Lipinski definition) is 1. The van der Waals surface area contributed by atoms with Crippen LogP contribution >= 0.6 is 0 Å². The molecule has 2 fully saturated rings. The molecule has 0 bridgehead atoms. The first kappa shape index (κ1) is 13.4. The predicted octanol–water partition coefficient (Wildman–Crippen LogP) is 4.52. The Morgan fingerprint density at radius 1 is 0.824 bits per heavy atom. The molecule has 2 saturated carbocycles. The maximum atomic E-state index is 3.78. The predicted molar refractivity (Wildman–Crippen MR) is 75.2 cm³/mol. The molecule has 1 N–H and O–H groups in total. The molecule has 0 saturated heterocycles. The van der Waals surface area contributed by atoms with E-state index in [0.29, 0.717) is 0 Å². The van der Waals surface area contributed by atoms with Gasteiger partial charge in [0.25, 0.3) is 0 Å². The van der Waals surface area contributed by atoms with Crippen LogP contribution in [0.5, 0.6) is 0 Å². The van der Waals surface area contributed by atoms with Gasteiger partial charge in [-0.3, -0.25) is 0 Å². The van der Waals surface area contributed by atoms with Crippen LogP contribution in [0.2, 0.25) is 0 Å². The second-order valence-electron chi connectivity index (χ2n) is 6.33. The molecular weight excluding hydrogens is 206 g/mol. The molecule has 0 heterocycles. The van der Waals surface area contributed by atoms with Crippen LogP contribution in [0.25, 0.3) is 0 Å². The molecule has 0 aliphatic heterocycles. The fourth-order valence-electron chi connectivity index (χ4n) is 3.97. The van der Waals surface area contributed by atoms with Crippen molar-refractivity contribution >= 4 is 0 Å². The summed E-state index contributed by atoms with van der Waals surface area (Å²) in [6, 6.07) is 0.837. The van der Waals surface area contributed by atoms with Gasteiger partial charge in [-0.15, -0.1) is 0 Å². The fourth-order valence-corrected chi connectivity index (χ4v) is 3.97. The zero-order chi connectivity index (χ0) is 11.9. The summed E-state index contributed by atoms with van der Waals surface area (Å²) in [5, 5.41) is 3.78. The average molecular weight is 237 g/mol. The van der Waals surface area contributed by atoms with E-state index >= 15 is 0 Å². The highest BCUT2D eigenvalue weighted by molar-refractivity contribution is 4.81. The van der Waals surface area contributed by atoms with Crippen molar-refractivity contribution in [3.8, 4) is 0 Å². The molecule has 2 rings (SSSR count). The zero-order valence-corrected chi connectivity index (χ0v) is 11.7. The normalized spacial score (nSPS) is 32.3. The highest BCUT2D eigenvalue weighted by Gasteiger charge is 2.27. The van der Waals surface area contributed by atoms with Gasteiger partial charge in [0, 0.05) is 6.04 Å². The van der Waals surface area contributed by atoms with E-state index in [1.54, 1.807) is 0 Å². The maximum Gasteiger partial charge on any atom is 0.00698 e. The van der Waals surface area contributed by atoms with Gasteiger partial charge in [-0.1, -0.05) is 58.3 Å². The van der Waals surface area contributed by atoms with Crippen molar-refractivity contribution in [2.75, 3.05) is 6.54 Å². The van der Waals surface area contributed by atoms with Crippen molar-refractivity contribution < 1.29 is 0 Å². The molecule has 1 nitrogen and oxygen atoms in total. The highest BCUT2D eigenvalue weighted by atomic mass is 14.9. The average Bonchev–Trinajstić information content (AvgIpc) is 2.63. The molecule has 2 atom stereocenters. The molecule has 0 aromatic heterocycles. The van der Waals surface area contributed by atoms with Crippen molar-refractivity contribution in [3.05, 3.63) is 0 Å². The Morgan fingerprint density at radius 3 is 2.24 bits per heavy atom. The minimum Gasteiger partial charge on any atom is -0.314 e. The zero-order valence-electron chi connectivity index (χ0n) is 11.7. The first-order valence-corrected chi connectivity index (χ1v) is 8.13. The van der Waals surface area contributed by atoms with Gasteiger partial charge in [0.05, 0.1) is 0 Å².